The minimum Gasteiger partial charge on any atom is -0.322 e. The molecule has 3 heteroatoms. The van der Waals surface area contributed by atoms with Gasteiger partial charge in [-0.15, -0.1) is 0 Å². The molecule has 20 heavy (non-hydrogen) atoms. The topological polar surface area (TPSA) is 44.9 Å². The number of H-pyrrole nitrogens is 1. The number of aryl methyl sites for hydroxylation is 1. The van der Waals surface area contributed by atoms with Crippen molar-refractivity contribution in [2.75, 3.05) is 13.1 Å². The predicted octanol–water partition coefficient (Wildman–Crippen LogP) is 2.95. The number of fused-ring (bicyclic) bond motifs is 1. The minimum atomic E-state index is 0.0170. The first-order valence-corrected chi connectivity index (χ1v) is 7.64. The molecule has 2 N–H and O–H groups in total. The van der Waals surface area contributed by atoms with E-state index in [2.05, 4.69) is 35.4 Å². The maximum Gasteiger partial charge on any atom is 0.248 e. The number of aromatic amines is 1. The van der Waals surface area contributed by atoms with Crippen LogP contribution in [-0.4, -0.2) is 18.1 Å². The van der Waals surface area contributed by atoms with Crippen molar-refractivity contribution in [3.8, 4) is 0 Å². The highest BCUT2D eigenvalue weighted by Crippen LogP contribution is 2.28. The van der Waals surface area contributed by atoms with Crippen LogP contribution in [0, 0.1) is 0 Å². The van der Waals surface area contributed by atoms with Gasteiger partial charge in [-0.1, -0.05) is 25.5 Å². The second-order valence-electron chi connectivity index (χ2n) is 5.74. The van der Waals surface area contributed by atoms with Crippen LogP contribution < -0.4 is 10.9 Å². The number of aromatic nitrogens is 1. The summed E-state index contributed by atoms with van der Waals surface area (Å²) >= 11 is 0. The van der Waals surface area contributed by atoms with E-state index in [-0.39, 0.29) is 5.56 Å². The van der Waals surface area contributed by atoms with Gasteiger partial charge in [0.2, 0.25) is 5.56 Å². The first-order chi connectivity index (χ1) is 9.78. The van der Waals surface area contributed by atoms with Gasteiger partial charge in [-0.3, -0.25) is 4.79 Å². The molecule has 0 unspecified atom stereocenters. The Bertz CT molecular complexity index is 654. The summed E-state index contributed by atoms with van der Waals surface area (Å²) < 4.78 is 0. The van der Waals surface area contributed by atoms with Crippen molar-refractivity contribution in [2.24, 2.45) is 0 Å². The highest BCUT2D eigenvalue weighted by molar-refractivity contribution is 5.82. The van der Waals surface area contributed by atoms with Crippen molar-refractivity contribution in [3.05, 3.63) is 45.7 Å². The van der Waals surface area contributed by atoms with Gasteiger partial charge in [0.05, 0.1) is 0 Å². The second-order valence-corrected chi connectivity index (χ2v) is 5.74. The van der Waals surface area contributed by atoms with Gasteiger partial charge in [0, 0.05) is 17.0 Å². The Hall–Kier alpha value is -1.61. The normalized spacial score (nSPS) is 16.6. The van der Waals surface area contributed by atoms with E-state index in [1.807, 2.05) is 0 Å². The maximum atomic E-state index is 11.8. The Labute approximate surface area is 119 Å². The quantitative estimate of drug-likeness (QED) is 0.900. The molecule has 3 nitrogen and oxygen atoms in total. The summed E-state index contributed by atoms with van der Waals surface area (Å²) in [5, 5.41) is 4.60. The van der Waals surface area contributed by atoms with Crippen LogP contribution in [0.2, 0.25) is 0 Å². The molecule has 1 fully saturated rings. The third kappa shape index (κ3) is 2.63. The van der Waals surface area contributed by atoms with Crippen LogP contribution >= 0.6 is 0 Å². The molecule has 1 aromatic carbocycles. The molecule has 1 aromatic heterocycles. The molecule has 1 aliphatic heterocycles. The van der Waals surface area contributed by atoms with Crippen molar-refractivity contribution in [1.29, 1.82) is 0 Å². The standard InChI is InChI=1S/C17H22N2O/c1-2-3-14-11-17(20)19-16-10-13(4-5-15(14)16)12-6-8-18-9-7-12/h4-5,10-12,18H,2-3,6-9H2,1H3,(H,19,20). The fraction of sp³-hybridized carbons (Fsp3) is 0.471. The van der Waals surface area contributed by atoms with Crippen LogP contribution in [0.3, 0.4) is 0 Å². The lowest BCUT2D eigenvalue weighted by Crippen LogP contribution is -2.26. The lowest BCUT2D eigenvalue weighted by Gasteiger charge is -2.23. The minimum absolute atomic E-state index is 0.0170. The highest BCUT2D eigenvalue weighted by Gasteiger charge is 2.15. The summed E-state index contributed by atoms with van der Waals surface area (Å²) in [6, 6.07) is 8.37. The number of hydrogen-bond donors (Lipinski definition) is 2. The van der Waals surface area contributed by atoms with Gasteiger partial charge in [-0.05, 0) is 55.5 Å². The fourth-order valence-electron chi connectivity index (χ4n) is 3.24. The molecule has 0 spiro atoms. The van der Waals surface area contributed by atoms with Crippen molar-refractivity contribution >= 4 is 10.9 Å². The van der Waals surface area contributed by atoms with E-state index in [9.17, 15) is 4.79 Å². The summed E-state index contributed by atoms with van der Waals surface area (Å²) in [6.45, 7) is 4.33. The van der Waals surface area contributed by atoms with Gasteiger partial charge in [0.25, 0.3) is 0 Å². The first-order valence-electron chi connectivity index (χ1n) is 7.64. The zero-order valence-electron chi connectivity index (χ0n) is 12.0. The lowest BCUT2D eigenvalue weighted by atomic mass is 9.89. The summed E-state index contributed by atoms with van der Waals surface area (Å²) in [6.07, 6.45) is 4.40. The van der Waals surface area contributed by atoms with Crippen LogP contribution in [-0.2, 0) is 6.42 Å². The number of nitrogens with one attached hydrogen (secondary N) is 2. The molecule has 0 amide bonds. The van der Waals surface area contributed by atoms with Crippen LogP contribution in [0.4, 0.5) is 0 Å². The number of piperidine rings is 1. The molecule has 1 saturated heterocycles. The zero-order chi connectivity index (χ0) is 13.9. The molecule has 3 rings (SSSR count). The Balaban J connectivity index is 2.04. The number of benzene rings is 1. The largest absolute Gasteiger partial charge is 0.322 e. The summed E-state index contributed by atoms with van der Waals surface area (Å²) in [4.78, 5) is 14.8. The summed E-state index contributed by atoms with van der Waals surface area (Å²) in [5.41, 5.74) is 3.55. The third-order valence-electron chi connectivity index (χ3n) is 4.28. The molecule has 2 aromatic rings. The van der Waals surface area contributed by atoms with Gasteiger partial charge >= 0.3 is 0 Å². The van der Waals surface area contributed by atoms with Gasteiger partial charge in [-0.25, -0.2) is 0 Å². The predicted molar refractivity (Wildman–Crippen MR) is 83.4 cm³/mol. The highest BCUT2D eigenvalue weighted by atomic mass is 16.1. The van der Waals surface area contributed by atoms with Crippen LogP contribution in [0.5, 0.6) is 0 Å². The Morgan fingerprint density at radius 2 is 2.00 bits per heavy atom. The average Bonchev–Trinajstić information content (AvgIpc) is 2.47. The first kappa shape index (κ1) is 13.4. The summed E-state index contributed by atoms with van der Waals surface area (Å²) in [5.74, 6) is 0.624. The molecular formula is C17H22N2O. The van der Waals surface area contributed by atoms with E-state index in [1.54, 1.807) is 6.07 Å². The van der Waals surface area contributed by atoms with Gasteiger partial charge in [0.1, 0.15) is 0 Å². The van der Waals surface area contributed by atoms with Crippen molar-refractivity contribution < 1.29 is 0 Å². The lowest BCUT2D eigenvalue weighted by molar-refractivity contribution is 0.460. The molecule has 106 valence electrons. The fourth-order valence-corrected chi connectivity index (χ4v) is 3.24. The molecule has 1 aliphatic rings. The van der Waals surface area contributed by atoms with Gasteiger partial charge in [0.15, 0.2) is 0 Å². The molecule has 0 atom stereocenters. The van der Waals surface area contributed by atoms with Gasteiger partial charge in [-0.2, -0.15) is 0 Å². The van der Waals surface area contributed by atoms with E-state index in [0.29, 0.717) is 5.92 Å². The average molecular weight is 270 g/mol. The molecule has 0 aliphatic carbocycles. The van der Waals surface area contributed by atoms with Crippen molar-refractivity contribution in [3.63, 3.8) is 0 Å². The maximum absolute atomic E-state index is 11.8. The monoisotopic (exact) mass is 270 g/mol. The van der Waals surface area contributed by atoms with E-state index < -0.39 is 0 Å². The van der Waals surface area contributed by atoms with E-state index in [0.717, 1.165) is 31.4 Å². The molecule has 2 heterocycles. The zero-order valence-corrected chi connectivity index (χ0v) is 12.0. The van der Waals surface area contributed by atoms with Crippen LogP contribution in [0.25, 0.3) is 10.9 Å². The number of pyridine rings is 1. The second kappa shape index (κ2) is 5.80. The summed E-state index contributed by atoms with van der Waals surface area (Å²) in [7, 11) is 0. The van der Waals surface area contributed by atoms with E-state index in [1.165, 1.54) is 29.4 Å². The molecule has 0 saturated carbocycles. The third-order valence-corrected chi connectivity index (χ3v) is 4.28. The smallest absolute Gasteiger partial charge is 0.248 e. The van der Waals surface area contributed by atoms with Crippen LogP contribution in [0.15, 0.2) is 29.1 Å². The van der Waals surface area contributed by atoms with E-state index in [4.69, 9.17) is 0 Å². The Morgan fingerprint density at radius 3 is 2.75 bits per heavy atom. The van der Waals surface area contributed by atoms with Crippen LogP contribution in [0.1, 0.15) is 43.2 Å². The molecular weight excluding hydrogens is 248 g/mol. The van der Waals surface area contributed by atoms with Crippen molar-refractivity contribution in [1.82, 2.24) is 10.3 Å². The molecule has 0 bridgehead atoms. The molecule has 0 radical (unpaired) electrons. The Morgan fingerprint density at radius 1 is 1.20 bits per heavy atom. The van der Waals surface area contributed by atoms with Gasteiger partial charge < -0.3 is 10.3 Å². The van der Waals surface area contributed by atoms with Crippen molar-refractivity contribution in [2.45, 2.75) is 38.5 Å². The van der Waals surface area contributed by atoms with E-state index >= 15 is 0 Å². The number of rotatable bonds is 3. The SMILES string of the molecule is CCCc1cc(=O)[nH]c2cc(C3CCNCC3)ccc12. The Kier molecular flexibility index (Phi) is 3.88. The number of hydrogen-bond acceptors (Lipinski definition) is 2.